The van der Waals surface area contributed by atoms with Crippen LogP contribution in [0.2, 0.25) is 0 Å². The first-order valence-corrected chi connectivity index (χ1v) is 8.96. The predicted octanol–water partition coefficient (Wildman–Crippen LogP) is 0.970. The highest BCUT2D eigenvalue weighted by molar-refractivity contribution is 7.90. The number of rotatable bonds is 9. The van der Waals surface area contributed by atoms with E-state index in [4.69, 9.17) is 5.73 Å². The maximum absolute atomic E-state index is 13.1. The van der Waals surface area contributed by atoms with Gasteiger partial charge in [0.1, 0.15) is 6.67 Å². The molecule has 0 bridgehead atoms. The van der Waals surface area contributed by atoms with Crippen LogP contribution < -0.4 is 16.4 Å². The quantitative estimate of drug-likeness (QED) is 0.629. The van der Waals surface area contributed by atoms with Crippen molar-refractivity contribution in [3.8, 4) is 0 Å². The van der Waals surface area contributed by atoms with Crippen LogP contribution >= 0.6 is 0 Å². The third-order valence-corrected chi connectivity index (χ3v) is 4.32. The van der Waals surface area contributed by atoms with Gasteiger partial charge in [-0.1, -0.05) is 12.1 Å². The van der Waals surface area contributed by atoms with Gasteiger partial charge < -0.3 is 16.4 Å². The van der Waals surface area contributed by atoms with Crippen LogP contribution in [-0.2, 0) is 16.3 Å². The summed E-state index contributed by atoms with van der Waals surface area (Å²) in [5.41, 5.74) is 7.31. The highest BCUT2D eigenvalue weighted by atomic mass is 32.2. The van der Waals surface area contributed by atoms with Crippen molar-refractivity contribution in [2.45, 2.75) is 23.8 Å². The molecule has 0 saturated heterocycles. The van der Waals surface area contributed by atoms with Gasteiger partial charge in [0.2, 0.25) is 0 Å². The molecule has 0 heterocycles. The first-order valence-electron chi connectivity index (χ1n) is 7.07. The van der Waals surface area contributed by atoms with Gasteiger partial charge in [-0.3, -0.25) is 0 Å². The van der Waals surface area contributed by atoms with Crippen LogP contribution in [0.1, 0.15) is 12.0 Å². The summed E-state index contributed by atoms with van der Waals surface area (Å²) < 4.78 is 35.8. The highest BCUT2D eigenvalue weighted by Gasteiger charge is 2.10. The molecule has 0 amide bonds. The molecule has 0 radical (unpaired) electrons. The minimum absolute atomic E-state index is 0.261. The van der Waals surface area contributed by atoms with Gasteiger partial charge in [-0.25, -0.2) is 12.8 Å². The van der Waals surface area contributed by atoms with Crippen LogP contribution in [-0.4, -0.2) is 41.0 Å². The van der Waals surface area contributed by atoms with E-state index in [1.807, 2.05) is 7.05 Å². The molecule has 1 aromatic rings. The number of hydrogen-bond donors (Lipinski definition) is 3. The molecule has 0 aliphatic heterocycles. The van der Waals surface area contributed by atoms with Gasteiger partial charge in [-0.05, 0) is 31.2 Å². The largest absolute Gasteiger partial charge is 0.401 e. The Bertz CT molecular complexity index is 585. The monoisotopic (exact) mass is 329 g/mol. The van der Waals surface area contributed by atoms with E-state index < -0.39 is 22.6 Å². The zero-order chi connectivity index (χ0) is 16.6. The van der Waals surface area contributed by atoms with Gasteiger partial charge in [0, 0.05) is 31.1 Å². The Balaban J connectivity index is 2.62. The van der Waals surface area contributed by atoms with Crippen LogP contribution in [0.3, 0.4) is 0 Å². The summed E-state index contributed by atoms with van der Waals surface area (Å²) in [5.74, 6) is 0. The maximum atomic E-state index is 13.1. The molecule has 7 heteroatoms. The molecule has 22 heavy (non-hydrogen) atoms. The molecule has 0 saturated carbocycles. The molecule has 1 rings (SSSR count). The van der Waals surface area contributed by atoms with Crippen molar-refractivity contribution in [1.29, 1.82) is 0 Å². The summed E-state index contributed by atoms with van der Waals surface area (Å²) in [7, 11) is -1.37. The molecule has 0 aromatic heterocycles. The van der Waals surface area contributed by atoms with Crippen LogP contribution in [0.15, 0.2) is 41.1 Å². The zero-order valence-electron chi connectivity index (χ0n) is 13.0. The molecule has 0 spiro atoms. The zero-order valence-corrected chi connectivity index (χ0v) is 13.8. The number of nitrogens with one attached hydrogen (secondary N) is 2. The maximum Gasteiger partial charge on any atom is 0.175 e. The Morgan fingerprint density at radius 2 is 2.00 bits per heavy atom. The van der Waals surface area contributed by atoms with Crippen molar-refractivity contribution in [3.63, 3.8) is 0 Å². The highest BCUT2D eigenvalue weighted by Crippen LogP contribution is 2.12. The van der Waals surface area contributed by atoms with Crippen molar-refractivity contribution < 1.29 is 12.8 Å². The van der Waals surface area contributed by atoms with E-state index in [0.717, 1.165) is 18.4 Å². The normalized spacial score (nSPS) is 13.9. The summed E-state index contributed by atoms with van der Waals surface area (Å²) in [4.78, 5) is 0.261. The van der Waals surface area contributed by atoms with Crippen molar-refractivity contribution in [3.05, 3.63) is 41.7 Å². The third-order valence-electron chi connectivity index (χ3n) is 3.19. The van der Waals surface area contributed by atoms with E-state index >= 15 is 0 Å². The fourth-order valence-electron chi connectivity index (χ4n) is 1.88. The number of sulfone groups is 1. The van der Waals surface area contributed by atoms with Gasteiger partial charge in [-0.2, -0.15) is 0 Å². The molecular weight excluding hydrogens is 305 g/mol. The van der Waals surface area contributed by atoms with Crippen LogP contribution in [0.5, 0.6) is 0 Å². The Morgan fingerprint density at radius 1 is 1.36 bits per heavy atom. The Hall–Kier alpha value is -1.60. The third kappa shape index (κ3) is 6.44. The van der Waals surface area contributed by atoms with Crippen molar-refractivity contribution in [2.75, 3.05) is 26.5 Å². The molecule has 0 unspecified atom stereocenters. The van der Waals surface area contributed by atoms with Gasteiger partial charge in [-0.15, -0.1) is 0 Å². The first-order chi connectivity index (χ1) is 10.4. The van der Waals surface area contributed by atoms with E-state index in [1.54, 1.807) is 18.3 Å². The fraction of sp³-hybridized carbons (Fsp3) is 0.467. The number of nitrogens with two attached hydrogens (primary N) is 1. The second-order valence-corrected chi connectivity index (χ2v) is 7.23. The molecule has 124 valence electrons. The molecule has 4 N–H and O–H groups in total. The van der Waals surface area contributed by atoms with E-state index in [0.29, 0.717) is 18.5 Å². The number of benzene rings is 1. The number of alkyl halides is 1. The lowest BCUT2D eigenvalue weighted by molar-refractivity contribution is 0.397. The lowest BCUT2D eigenvalue weighted by Crippen LogP contribution is -2.30. The van der Waals surface area contributed by atoms with Crippen LogP contribution in [0.25, 0.3) is 0 Å². The summed E-state index contributed by atoms with van der Waals surface area (Å²) in [6.07, 6.45) is 3.93. The molecule has 0 fully saturated rings. The lowest BCUT2D eigenvalue weighted by Gasteiger charge is -2.15. The average Bonchev–Trinajstić information content (AvgIpc) is 2.48. The average molecular weight is 329 g/mol. The van der Waals surface area contributed by atoms with Crippen LogP contribution in [0.4, 0.5) is 4.39 Å². The van der Waals surface area contributed by atoms with Crippen molar-refractivity contribution in [2.24, 2.45) is 5.73 Å². The SMILES string of the molecule is CNCC/C(N)=C/N[C@H](CF)Cc1ccc(S(C)(=O)=O)cc1. The van der Waals surface area contributed by atoms with E-state index in [9.17, 15) is 12.8 Å². The Morgan fingerprint density at radius 3 is 2.50 bits per heavy atom. The van der Waals surface area contributed by atoms with Gasteiger partial charge in [0.15, 0.2) is 9.84 Å². The summed E-state index contributed by atoms with van der Waals surface area (Å²) in [6.45, 7) is 0.223. The van der Waals surface area contributed by atoms with E-state index in [1.165, 1.54) is 12.1 Å². The molecule has 1 aromatic carbocycles. The van der Waals surface area contributed by atoms with Gasteiger partial charge in [0.05, 0.1) is 10.9 Å². The molecular formula is C15H24FN3O2S. The second kappa shape index (κ2) is 8.75. The van der Waals surface area contributed by atoms with Crippen molar-refractivity contribution in [1.82, 2.24) is 10.6 Å². The minimum atomic E-state index is -3.21. The summed E-state index contributed by atoms with van der Waals surface area (Å²) in [6, 6.07) is 6.09. The number of halogens is 1. The molecule has 1 atom stereocenters. The van der Waals surface area contributed by atoms with Gasteiger partial charge in [0.25, 0.3) is 0 Å². The Kier molecular flexibility index (Phi) is 7.34. The Labute approximate surface area is 131 Å². The smallest absolute Gasteiger partial charge is 0.175 e. The van der Waals surface area contributed by atoms with Gasteiger partial charge >= 0.3 is 0 Å². The standard InChI is InChI=1S/C15H24FN3O2S/c1-18-8-7-13(17)11-19-14(10-16)9-12-3-5-15(6-4-12)22(2,20)21/h3-6,11,14,18-19H,7-10,17H2,1-2H3/b13-11-/t14-/m0/s1. The minimum Gasteiger partial charge on any atom is -0.401 e. The number of hydrogen-bond acceptors (Lipinski definition) is 5. The molecule has 5 nitrogen and oxygen atoms in total. The van der Waals surface area contributed by atoms with E-state index in [2.05, 4.69) is 10.6 Å². The molecule has 0 aliphatic carbocycles. The van der Waals surface area contributed by atoms with Crippen LogP contribution in [0, 0.1) is 0 Å². The topological polar surface area (TPSA) is 84.2 Å². The van der Waals surface area contributed by atoms with Crippen molar-refractivity contribution >= 4 is 9.84 Å². The predicted molar refractivity (Wildman–Crippen MR) is 87.0 cm³/mol. The first kappa shape index (κ1) is 18.4. The van der Waals surface area contributed by atoms with E-state index in [-0.39, 0.29) is 4.90 Å². The lowest BCUT2D eigenvalue weighted by atomic mass is 10.1. The molecule has 0 aliphatic rings. The second-order valence-electron chi connectivity index (χ2n) is 5.21. The summed E-state index contributed by atoms with van der Waals surface area (Å²) >= 11 is 0. The fourth-order valence-corrected chi connectivity index (χ4v) is 2.51. The summed E-state index contributed by atoms with van der Waals surface area (Å²) in [5, 5.41) is 5.95.